The molecule has 1 aliphatic heterocycles. The Balaban J connectivity index is 1.72. The normalized spacial score (nSPS) is 14.9. The molecule has 9 nitrogen and oxygen atoms in total. The molecule has 1 aromatic heterocycles. The van der Waals surface area contributed by atoms with Gasteiger partial charge in [-0.2, -0.15) is 4.68 Å². The Bertz CT molecular complexity index is 1190. The molecule has 4 rings (SSSR count). The van der Waals surface area contributed by atoms with Gasteiger partial charge in [-0.3, -0.25) is 4.79 Å². The Kier molecular flexibility index (Phi) is 7.10. The number of hydrogen-bond donors (Lipinski definition) is 2. The van der Waals surface area contributed by atoms with Gasteiger partial charge in [-0.15, -0.1) is 0 Å². The third kappa shape index (κ3) is 4.88. The molecule has 2 heterocycles. The Morgan fingerprint density at radius 3 is 2.62 bits per heavy atom. The zero-order chi connectivity index (χ0) is 24.1. The number of carbonyl (C=O) groups excluding carboxylic acids is 1. The highest BCUT2D eigenvalue weighted by atomic mass is 16.5. The lowest BCUT2D eigenvalue weighted by Crippen LogP contribution is -2.31. The molecule has 1 aliphatic rings. The van der Waals surface area contributed by atoms with E-state index >= 15 is 0 Å². The molecule has 1 amide bonds. The van der Waals surface area contributed by atoms with E-state index in [9.17, 15) is 4.79 Å². The minimum atomic E-state index is -0.541. The van der Waals surface area contributed by atoms with Crippen LogP contribution in [-0.4, -0.2) is 39.3 Å². The number of tetrazole rings is 1. The van der Waals surface area contributed by atoms with E-state index in [2.05, 4.69) is 33.1 Å². The Hall–Kier alpha value is -3.88. The predicted molar refractivity (Wildman–Crippen MR) is 130 cm³/mol. The average Bonchev–Trinajstić information content (AvgIpc) is 3.29. The molecule has 0 spiro atoms. The number of anilines is 2. The molecular weight excluding hydrogens is 432 g/mol. The zero-order valence-electron chi connectivity index (χ0n) is 20.0. The van der Waals surface area contributed by atoms with E-state index in [1.807, 2.05) is 63.2 Å². The summed E-state index contributed by atoms with van der Waals surface area (Å²) in [7, 11) is 0. The van der Waals surface area contributed by atoms with E-state index in [1.165, 1.54) is 0 Å². The molecule has 0 aliphatic carbocycles. The summed E-state index contributed by atoms with van der Waals surface area (Å²) < 4.78 is 13.4. The number of aryl methyl sites for hydroxylation is 1. The lowest BCUT2D eigenvalue weighted by atomic mass is 9.94. The number of allylic oxidation sites excluding steroid dienone is 1. The first-order valence-corrected chi connectivity index (χ1v) is 11.5. The highest BCUT2D eigenvalue weighted by Gasteiger charge is 2.34. The van der Waals surface area contributed by atoms with Crippen molar-refractivity contribution in [2.45, 2.75) is 46.6 Å². The highest BCUT2D eigenvalue weighted by molar-refractivity contribution is 6.06. The quantitative estimate of drug-likeness (QED) is 0.452. The Morgan fingerprint density at radius 2 is 1.88 bits per heavy atom. The van der Waals surface area contributed by atoms with Crippen molar-refractivity contribution in [2.24, 2.45) is 0 Å². The first-order valence-electron chi connectivity index (χ1n) is 11.5. The van der Waals surface area contributed by atoms with E-state index < -0.39 is 6.04 Å². The number of nitrogens with one attached hydrogen (secondary N) is 2. The largest absolute Gasteiger partial charge is 0.490 e. The first kappa shape index (κ1) is 23.3. The van der Waals surface area contributed by atoms with Gasteiger partial charge in [-0.05, 0) is 67.4 Å². The maximum Gasteiger partial charge on any atom is 0.255 e. The van der Waals surface area contributed by atoms with Gasteiger partial charge in [0.25, 0.3) is 5.91 Å². The Labute approximate surface area is 199 Å². The average molecular weight is 463 g/mol. The van der Waals surface area contributed by atoms with Crippen LogP contribution in [0.25, 0.3) is 0 Å². The maximum atomic E-state index is 13.5. The molecule has 9 heteroatoms. The number of amides is 1. The summed E-state index contributed by atoms with van der Waals surface area (Å²) in [5.41, 5.74) is 3.84. The summed E-state index contributed by atoms with van der Waals surface area (Å²) >= 11 is 0. The monoisotopic (exact) mass is 462 g/mol. The van der Waals surface area contributed by atoms with Gasteiger partial charge in [0.1, 0.15) is 6.04 Å². The van der Waals surface area contributed by atoms with Gasteiger partial charge < -0.3 is 20.1 Å². The van der Waals surface area contributed by atoms with Gasteiger partial charge in [0, 0.05) is 11.4 Å². The standard InChI is InChI=1S/C25H30N6O3/c1-5-7-14-34-20-13-10-18(15-21(20)33-6-2)23-22(17(4)26-25-28-29-30-31(23)25)24(32)27-19-11-8-16(3)9-12-19/h8-13,15,23H,5-7,14H2,1-4H3,(H,27,32)(H,26,28,30). The SMILES string of the molecule is CCCCOc1ccc(C2C(C(=O)Nc3ccc(C)cc3)=C(C)Nc3nnnn32)cc1OCC. The van der Waals surface area contributed by atoms with E-state index in [-0.39, 0.29) is 5.91 Å². The molecule has 178 valence electrons. The van der Waals surface area contributed by atoms with Crippen molar-refractivity contribution in [1.82, 2.24) is 20.2 Å². The van der Waals surface area contributed by atoms with Crippen LogP contribution in [0.2, 0.25) is 0 Å². The second-order valence-corrected chi connectivity index (χ2v) is 8.17. The van der Waals surface area contributed by atoms with Crippen LogP contribution in [0.3, 0.4) is 0 Å². The predicted octanol–water partition coefficient (Wildman–Crippen LogP) is 4.49. The third-order valence-electron chi connectivity index (χ3n) is 5.61. The van der Waals surface area contributed by atoms with Gasteiger partial charge in [-0.1, -0.05) is 42.2 Å². The molecule has 1 atom stereocenters. The first-order chi connectivity index (χ1) is 16.5. The van der Waals surface area contributed by atoms with Crippen molar-refractivity contribution < 1.29 is 14.3 Å². The molecule has 2 aromatic carbocycles. The molecular formula is C25H30N6O3. The van der Waals surface area contributed by atoms with Gasteiger partial charge in [0.15, 0.2) is 11.5 Å². The molecule has 34 heavy (non-hydrogen) atoms. The van der Waals surface area contributed by atoms with Crippen LogP contribution in [0, 0.1) is 6.92 Å². The molecule has 0 saturated heterocycles. The number of benzene rings is 2. The molecule has 1 unspecified atom stereocenters. The number of aromatic nitrogens is 4. The van der Waals surface area contributed by atoms with Gasteiger partial charge in [0.2, 0.25) is 5.95 Å². The minimum Gasteiger partial charge on any atom is -0.490 e. The van der Waals surface area contributed by atoms with Crippen molar-refractivity contribution >= 4 is 17.5 Å². The second kappa shape index (κ2) is 10.4. The van der Waals surface area contributed by atoms with Crippen molar-refractivity contribution in [1.29, 1.82) is 0 Å². The van der Waals surface area contributed by atoms with E-state index in [4.69, 9.17) is 9.47 Å². The molecule has 0 fully saturated rings. The second-order valence-electron chi connectivity index (χ2n) is 8.17. The summed E-state index contributed by atoms with van der Waals surface area (Å²) in [5.74, 6) is 1.54. The molecule has 2 N–H and O–H groups in total. The number of nitrogens with zero attached hydrogens (tertiary/aromatic N) is 4. The van der Waals surface area contributed by atoms with Crippen molar-refractivity contribution in [3.63, 3.8) is 0 Å². The molecule has 0 radical (unpaired) electrons. The summed E-state index contributed by atoms with van der Waals surface area (Å²) in [6, 6.07) is 12.8. The molecule has 3 aromatic rings. The van der Waals surface area contributed by atoms with Gasteiger partial charge >= 0.3 is 0 Å². The van der Waals surface area contributed by atoms with Crippen molar-refractivity contribution in [3.8, 4) is 11.5 Å². The fraction of sp³-hybridized carbons (Fsp3) is 0.360. The fourth-order valence-electron chi connectivity index (χ4n) is 3.86. The number of hydrogen-bond acceptors (Lipinski definition) is 7. The van der Waals surface area contributed by atoms with E-state index in [0.29, 0.717) is 47.6 Å². The van der Waals surface area contributed by atoms with Crippen LogP contribution >= 0.6 is 0 Å². The molecule has 0 bridgehead atoms. The van der Waals surface area contributed by atoms with Gasteiger partial charge in [0.05, 0.1) is 18.8 Å². The van der Waals surface area contributed by atoms with E-state index in [0.717, 1.165) is 24.0 Å². The number of unbranched alkanes of at least 4 members (excludes halogenated alkanes) is 1. The van der Waals surface area contributed by atoms with Crippen LogP contribution in [0.1, 0.15) is 50.8 Å². The van der Waals surface area contributed by atoms with Crippen LogP contribution < -0.4 is 20.1 Å². The number of rotatable bonds is 9. The number of carbonyl (C=O) groups is 1. The number of fused-ring (bicyclic) bond motifs is 1. The number of ether oxygens (including phenoxy) is 2. The zero-order valence-corrected chi connectivity index (χ0v) is 20.0. The smallest absolute Gasteiger partial charge is 0.255 e. The summed E-state index contributed by atoms with van der Waals surface area (Å²) in [4.78, 5) is 13.5. The summed E-state index contributed by atoms with van der Waals surface area (Å²) in [5, 5.41) is 18.2. The van der Waals surface area contributed by atoms with Gasteiger partial charge in [-0.25, -0.2) is 0 Å². The third-order valence-corrected chi connectivity index (χ3v) is 5.61. The summed E-state index contributed by atoms with van der Waals surface area (Å²) in [6.45, 7) is 9.01. The van der Waals surface area contributed by atoms with Crippen molar-refractivity contribution in [3.05, 3.63) is 64.9 Å². The van der Waals surface area contributed by atoms with Crippen LogP contribution in [0.5, 0.6) is 11.5 Å². The van der Waals surface area contributed by atoms with Crippen molar-refractivity contribution in [2.75, 3.05) is 23.8 Å². The lowest BCUT2D eigenvalue weighted by Gasteiger charge is -2.28. The maximum absolute atomic E-state index is 13.5. The highest BCUT2D eigenvalue weighted by Crippen LogP contribution is 2.38. The fourth-order valence-corrected chi connectivity index (χ4v) is 3.86. The minimum absolute atomic E-state index is 0.235. The van der Waals surface area contributed by atoms with Crippen LogP contribution in [0.4, 0.5) is 11.6 Å². The summed E-state index contributed by atoms with van der Waals surface area (Å²) in [6.07, 6.45) is 2.00. The van der Waals surface area contributed by atoms with Crippen LogP contribution in [-0.2, 0) is 4.79 Å². The van der Waals surface area contributed by atoms with E-state index in [1.54, 1.807) is 4.68 Å². The topological polar surface area (TPSA) is 103 Å². The molecule has 0 saturated carbocycles. The lowest BCUT2D eigenvalue weighted by molar-refractivity contribution is -0.113. The Morgan fingerprint density at radius 1 is 1.09 bits per heavy atom. The van der Waals surface area contributed by atoms with Crippen LogP contribution in [0.15, 0.2) is 53.7 Å².